The van der Waals surface area contributed by atoms with E-state index in [-0.39, 0.29) is 16.9 Å². The summed E-state index contributed by atoms with van der Waals surface area (Å²) in [6.45, 7) is -0.0813. The molecule has 0 saturated heterocycles. The summed E-state index contributed by atoms with van der Waals surface area (Å²) < 4.78 is 27.9. The zero-order chi connectivity index (χ0) is 17.4. The fourth-order valence-electron chi connectivity index (χ4n) is 2.79. The maximum Gasteiger partial charge on any atom is 0.271 e. The van der Waals surface area contributed by atoms with E-state index in [1.54, 1.807) is 23.6 Å². The van der Waals surface area contributed by atoms with Crippen LogP contribution in [0.25, 0.3) is 0 Å². The van der Waals surface area contributed by atoms with Gasteiger partial charge in [-0.05, 0) is 23.1 Å². The maximum absolute atomic E-state index is 12.5. The molecule has 3 aromatic rings. The van der Waals surface area contributed by atoms with E-state index in [0.717, 1.165) is 22.7 Å². The van der Waals surface area contributed by atoms with Crippen LogP contribution in [0.3, 0.4) is 0 Å². The lowest BCUT2D eigenvalue weighted by atomic mass is 10.1. The molecule has 3 N–H and O–H groups in total. The van der Waals surface area contributed by atoms with Crippen molar-refractivity contribution in [1.82, 2.24) is 4.98 Å². The molecule has 1 aliphatic rings. The number of aromatic nitrogens is 1. The van der Waals surface area contributed by atoms with Gasteiger partial charge >= 0.3 is 0 Å². The lowest BCUT2D eigenvalue weighted by molar-refractivity contribution is 0.277. The molecule has 1 aromatic carbocycles. The third kappa shape index (κ3) is 3.15. The summed E-state index contributed by atoms with van der Waals surface area (Å²) in [5.41, 5.74) is 3.01. The number of para-hydroxylation sites is 1. The van der Waals surface area contributed by atoms with Gasteiger partial charge in [0.15, 0.2) is 0 Å². The Morgan fingerprint density at radius 3 is 2.88 bits per heavy atom. The number of hydrogen-bond donors (Lipinski definition) is 3. The van der Waals surface area contributed by atoms with Crippen molar-refractivity contribution in [3.8, 4) is 0 Å². The Morgan fingerprint density at radius 2 is 2.16 bits per heavy atom. The number of thiophene rings is 1. The molecule has 25 heavy (non-hydrogen) atoms. The van der Waals surface area contributed by atoms with Crippen molar-refractivity contribution in [2.75, 3.05) is 10.0 Å². The van der Waals surface area contributed by atoms with E-state index in [0.29, 0.717) is 11.4 Å². The number of aliphatic hydroxyl groups is 1. The van der Waals surface area contributed by atoms with Gasteiger partial charge in [0.2, 0.25) is 0 Å². The van der Waals surface area contributed by atoms with Gasteiger partial charge in [-0.25, -0.2) is 13.4 Å². The third-order valence-corrected chi connectivity index (χ3v) is 7.70. The van der Waals surface area contributed by atoms with E-state index in [4.69, 9.17) is 0 Å². The number of fused-ring (bicyclic) bond motifs is 1. The number of aliphatic hydroxyl groups excluding tert-OH is 1. The van der Waals surface area contributed by atoms with Crippen molar-refractivity contribution in [3.05, 3.63) is 57.4 Å². The predicted octanol–water partition coefficient (Wildman–Crippen LogP) is 3.21. The van der Waals surface area contributed by atoms with Crippen LogP contribution >= 0.6 is 22.7 Å². The number of nitrogens with zero attached hydrogens (tertiary/aromatic N) is 1. The fraction of sp³-hybridized carbons (Fsp3) is 0.188. The summed E-state index contributed by atoms with van der Waals surface area (Å²) >= 11 is 2.67. The van der Waals surface area contributed by atoms with Gasteiger partial charge in [-0.15, -0.1) is 22.7 Å². The van der Waals surface area contributed by atoms with Crippen molar-refractivity contribution in [3.63, 3.8) is 0 Å². The molecule has 0 spiro atoms. The number of benzene rings is 1. The third-order valence-electron chi connectivity index (χ3n) is 3.93. The fourth-order valence-corrected chi connectivity index (χ4v) is 5.71. The Morgan fingerprint density at radius 1 is 1.28 bits per heavy atom. The number of hydrogen-bond acceptors (Lipinski definition) is 7. The zero-order valence-electron chi connectivity index (χ0n) is 13.0. The smallest absolute Gasteiger partial charge is 0.271 e. The molecule has 3 heterocycles. The summed E-state index contributed by atoms with van der Waals surface area (Å²) in [5, 5.41) is 17.0. The van der Waals surface area contributed by atoms with Crippen LogP contribution in [-0.4, -0.2) is 18.5 Å². The summed E-state index contributed by atoms with van der Waals surface area (Å²) in [6.07, 6.45) is 0.724. The lowest BCUT2D eigenvalue weighted by Gasteiger charge is -2.12. The maximum atomic E-state index is 12.5. The van der Waals surface area contributed by atoms with Gasteiger partial charge in [0.05, 0.1) is 29.7 Å². The molecule has 1 unspecified atom stereocenters. The molecule has 1 aliphatic heterocycles. The molecule has 0 amide bonds. The minimum atomic E-state index is -3.59. The standard InChI is InChI=1S/C16H15N3O3S3/c20-8-11-9-24-16(17-11)13-7-10-3-1-4-12(15(10)18-13)19-25(21,22)14-5-2-6-23-14/h1-6,9,13,18-20H,7-8H2. The summed E-state index contributed by atoms with van der Waals surface area (Å²) in [5.74, 6) is 0. The summed E-state index contributed by atoms with van der Waals surface area (Å²) in [7, 11) is -3.59. The Bertz CT molecular complexity index is 997. The topological polar surface area (TPSA) is 91.3 Å². The number of thiazole rings is 1. The molecular formula is C16H15N3O3S3. The second-order valence-corrected chi connectivity index (χ2v) is 9.36. The van der Waals surface area contributed by atoms with Crippen LogP contribution in [0.15, 0.2) is 45.3 Å². The normalized spacial score (nSPS) is 16.4. The van der Waals surface area contributed by atoms with Crippen LogP contribution in [0.5, 0.6) is 0 Å². The lowest BCUT2D eigenvalue weighted by Crippen LogP contribution is -2.13. The highest BCUT2D eigenvalue weighted by molar-refractivity contribution is 7.94. The van der Waals surface area contributed by atoms with Crippen molar-refractivity contribution in [2.24, 2.45) is 0 Å². The number of anilines is 2. The Labute approximate surface area is 153 Å². The van der Waals surface area contributed by atoms with E-state index in [9.17, 15) is 13.5 Å². The van der Waals surface area contributed by atoms with E-state index in [2.05, 4.69) is 15.0 Å². The van der Waals surface area contributed by atoms with Crippen molar-refractivity contribution < 1.29 is 13.5 Å². The van der Waals surface area contributed by atoms with Crippen LogP contribution < -0.4 is 10.0 Å². The van der Waals surface area contributed by atoms with E-state index < -0.39 is 10.0 Å². The first-order valence-electron chi connectivity index (χ1n) is 7.57. The van der Waals surface area contributed by atoms with Gasteiger partial charge in [-0.2, -0.15) is 0 Å². The average Bonchev–Trinajstić information content (AvgIpc) is 3.33. The molecule has 1 atom stereocenters. The molecular weight excluding hydrogens is 378 g/mol. The minimum absolute atomic E-state index is 0.0207. The largest absolute Gasteiger partial charge is 0.390 e. The first-order valence-corrected chi connectivity index (χ1v) is 10.8. The van der Waals surface area contributed by atoms with E-state index >= 15 is 0 Å². The van der Waals surface area contributed by atoms with Crippen molar-refractivity contribution >= 4 is 44.1 Å². The second-order valence-electron chi connectivity index (χ2n) is 5.61. The quantitative estimate of drug-likeness (QED) is 0.619. The number of sulfonamides is 1. The minimum Gasteiger partial charge on any atom is -0.390 e. The molecule has 0 fully saturated rings. The second kappa shape index (κ2) is 6.41. The summed E-state index contributed by atoms with van der Waals surface area (Å²) in [6, 6.07) is 8.85. The SMILES string of the molecule is O=S(=O)(Nc1cccc2c1NC(c1nc(CO)cs1)C2)c1cccs1. The van der Waals surface area contributed by atoms with Crippen LogP contribution in [0.4, 0.5) is 11.4 Å². The zero-order valence-corrected chi connectivity index (χ0v) is 15.4. The molecule has 130 valence electrons. The van der Waals surface area contributed by atoms with Gasteiger partial charge in [0.25, 0.3) is 10.0 Å². The first kappa shape index (κ1) is 16.5. The monoisotopic (exact) mass is 393 g/mol. The number of rotatable bonds is 5. The van der Waals surface area contributed by atoms with Crippen LogP contribution in [-0.2, 0) is 23.1 Å². The van der Waals surface area contributed by atoms with Crippen LogP contribution in [0, 0.1) is 0 Å². The van der Waals surface area contributed by atoms with Crippen molar-refractivity contribution in [2.45, 2.75) is 23.3 Å². The van der Waals surface area contributed by atoms with Crippen LogP contribution in [0.1, 0.15) is 22.3 Å². The Kier molecular flexibility index (Phi) is 4.24. The predicted molar refractivity (Wildman–Crippen MR) is 99.7 cm³/mol. The molecule has 2 aromatic heterocycles. The molecule has 0 radical (unpaired) electrons. The number of nitrogens with one attached hydrogen (secondary N) is 2. The molecule has 6 nitrogen and oxygen atoms in total. The van der Waals surface area contributed by atoms with Gasteiger partial charge in [0.1, 0.15) is 9.22 Å². The molecule has 0 bridgehead atoms. The summed E-state index contributed by atoms with van der Waals surface area (Å²) in [4.78, 5) is 4.41. The molecule has 4 rings (SSSR count). The highest BCUT2D eigenvalue weighted by Crippen LogP contribution is 2.40. The van der Waals surface area contributed by atoms with Gasteiger partial charge < -0.3 is 10.4 Å². The molecule has 0 aliphatic carbocycles. The Balaban J connectivity index is 1.61. The average molecular weight is 394 g/mol. The van der Waals surface area contributed by atoms with Crippen molar-refractivity contribution in [1.29, 1.82) is 0 Å². The van der Waals surface area contributed by atoms with E-state index in [1.807, 2.05) is 17.5 Å². The van der Waals surface area contributed by atoms with E-state index in [1.165, 1.54) is 22.7 Å². The van der Waals surface area contributed by atoms with Gasteiger partial charge in [-0.3, -0.25) is 4.72 Å². The molecule has 0 saturated carbocycles. The molecule has 9 heteroatoms. The Hall–Kier alpha value is -1.94. The highest BCUT2D eigenvalue weighted by Gasteiger charge is 2.28. The van der Waals surface area contributed by atoms with Gasteiger partial charge in [-0.1, -0.05) is 18.2 Å². The first-order chi connectivity index (χ1) is 12.1. The van der Waals surface area contributed by atoms with Crippen LogP contribution in [0.2, 0.25) is 0 Å². The highest BCUT2D eigenvalue weighted by atomic mass is 32.2. The van der Waals surface area contributed by atoms with Gasteiger partial charge in [0, 0.05) is 11.8 Å².